The van der Waals surface area contributed by atoms with Crippen molar-refractivity contribution in [3.63, 3.8) is 0 Å². The van der Waals surface area contributed by atoms with E-state index in [4.69, 9.17) is 5.11 Å². The van der Waals surface area contributed by atoms with Crippen molar-refractivity contribution >= 4 is 17.9 Å². The van der Waals surface area contributed by atoms with Crippen molar-refractivity contribution in [1.82, 2.24) is 10.2 Å². The van der Waals surface area contributed by atoms with E-state index >= 15 is 0 Å². The van der Waals surface area contributed by atoms with Gasteiger partial charge in [-0.3, -0.25) is 14.5 Å². The molecule has 2 N–H and O–H groups in total. The van der Waals surface area contributed by atoms with Crippen LogP contribution in [-0.2, 0) is 9.59 Å². The molecule has 1 saturated heterocycles. The van der Waals surface area contributed by atoms with Crippen LogP contribution >= 0.6 is 0 Å². The van der Waals surface area contributed by atoms with Crippen LogP contribution in [0, 0.1) is 11.3 Å². The SMILES string of the molecule is CC(C)(C)C1CCC2(CC1)NC(=O)N(CC(=O)O)C2=O. The average molecular weight is 282 g/mol. The van der Waals surface area contributed by atoms with E-state index in [-0.39, 0.29) is 11.3 Å². The summed E-state index contributed by atoms with van der Waals surface area (Å²) in [7, 11) is 0. The molecule has 0 radical (unpaired) electrons. The van der Waals surface area contributed by atoms with Gasteiger partial charge < -0.3 is 10.4 Å². The van der Waals surface area contributed by atoms with Gasteiger partial charge in [0.05, 0.1) is 0 Å². The molecule has 0 unspecified atom stereocenters. The first-order chi connectivity index (χ1) is 9.16. The van der Waals surface area contributed by atoms with E-state index in [0.29, 0.717) is 18.8 Å². The minimum Gasteiger partial charge on any atom is -0.480 e. The summed E-state index contributed by atoms with van der Waals surface area (Å²) in [6.45, 7) is 5.99. The number of hydrogen-bond donors (Lipinski definition) is 2. The van der Waals surface area contributed by atoms with Crippen molar-refractivity contribution < 1.29 is 19.5 Å². The number of carbonyl (C=O) groups is 3. The Bertz CT molecular complexity index is 445. The van der Waals surface area contributed by atoms with E-state index in [0.717, 1.165) is 17.7 Å². The number of imide groups is 1. The minimum absolute atomic E-state index is 0.189. The molecule has 112 valence electrons. The molecule has 6 heteroatoms. The van der Waals surface area contributed by atoms with Gasteiger partial charge in [0, 0.05) is 0 Å². The first-order valence-corrected chi connectivity index (χ1v) is 7.02. The standard InChI is InChI=1S/C14H22N2O4/c1-13(2,3)9-4-6-14(7-5-9)11(19)16(8-10(17)18)12(20)15-14/h9H,4-8H2,1-3H3,(H,15,20)(H,17,18). The van der Waals surface area contributed by atoms with Crippen molar-refractivity contribution in [2.45, 2.75) is 52.0 Å². The highest BCUT2D eigenvalue weighted by Gasteiger charge is 2.53. The van der Waals surface area contributed by atoms with Gasteiger partial charge in [-0.15, -0.1) is 0 Å². The summed E-state index contributed by atoms with van der Waals surface area (Å²) < 4.78 is 0. The number of aliphatic carboxylic acids is 1. The molecule has 2 aliphatic rings. The number of hydrogen-bond acceptors (Lipinski definition) is 3. The molecule has 0 aromatic rings. The highest BCUT2D eigenvalue weighted by atomic mass is 16.4. The zero-order chi connectivity index (χ0) is 15.1. The Labute approximate surface area is 118 Å². The molecule has 1 heterocycles. The summed E-state index contributed by atoms with van der Waals surface area (Å²) in [4.78, 5) is 35.7. The molecule has 1 aliphatic carbocycles. The van der Waals surface area contributed by atoms with Crippen LogP contribution in [0.5, 0.6) is 0 Å². The van der Waals surface area contributed by atoms with Crippen LogP contribution in [0.2, 0.25) is 0 Å². The molecule has 0 bridgehead atoms. The number of nitrogens with one attached hydrogen (secondary N) is 1. The Morgan fingerprint density at radius 3 is 2.35 bits per heavy atom. The molecule has 1 aliphatic heterocycles. The Morgan fingerprint density at radius 2 is 1.90 bits per heavy atom. The fourth-order valence-electron chi connectivity index (χ4n) is 3.27. The summed E-state index contributed by atoms with van der Waals surface area (Å²) in [6.07, 6.45) is 2.93. The molecule has 0 aromatic heterocycles. The molecular formula is C14H22N2O4. The molecular weight excluding hydrogens is 260 g/mol. The van der Waals surface area contributed by atoms with Crippen LogP contribution < -0.4 is 5.32 Å². The topological polar surface area (TPSA) is 86.7 Å². The second kappa shape index (κ2) is 4.75. The number of rotatable bonds is 2. The molecule has 0 aromatic carbocycles. The van der Waals surface area contributed by atoms with Gasteiger partial charge in [0.1, 0.15) is 12.1 Å². The van der Waals surface area contributed by atoms with Gasteiger partial charge in [-0.25, -0.2) is 4.79 Å². The largest absolute Gasteiger partial charge is 0.480 e. The van der Waals surface area contributed by atoms with E-state index in [1.54, 1.807) is 0 Å². The third-order valence-corrected chi connectivity index (χ3v) is 4.60. The average Bonchev–Trinajstić information content (AvgIpc) is 2.53. The lowest BCUT2D eigenvalue weighted by atomic mass is 9.67. The molecule has 1 spiro atoms. The lowest BCUT2D eigenvalue weighted by Gasteiger charge is -2.40. The van der Waals surface area contributed by atoms with Crippen molar-refractivity contribution in [3.8, 4) is 0 Å². The first kappa shape index (κ1) is 14.8. The molecule has 1 saturated carbocycles. The van der Waals surface area contributed by atoms with E-state index in [1.807, 2.05) is 0 Å². The van der Waals surface area contributed by atoms with Gasteiger partial charge in [-0.2, -0.15) is 0 Å². The number of carboxylic acids is 1. The number of urea groups is 1. The fraction of sp³-hybridized carbons (Fsp3) is 0.786. The lowest BCUT2D eigenvalue weighted by molar-refractivity contribution is -0.143. The second-order valence-corrected chi connectivity index (χ2v) is 6.94. The third kappa shape index (κ3) is 2.51. The Hall–Kier alpha value is -1.59. The normalized spacial score (nSPS) is 30.8. The quantitative estimate of drug-likeness (QED) is 0.753. The van der Waals surface area contributed by atoms with Crippen LogP contribution in [0.1, 0.15) is 46.5 Å². The Balaban J connectivity index is 2.09. The predicted octanol–water partition coefficient (Wildman–Crippen LogP) is 1.60. The van der Waals surface area contributed by atoms with Crippen molar-refractivity contribution in [2.24, 2.45) is 11.3 Å². The smallest absolute Gasteiger partial charge is 0.325 e. The minimum atomic E-state index is -1.17. The zero-order valence-electron chi connectivity index (χ0n) is 12.2. The van der Waals surface area contributed by atoms with Crippen molar-refractivity contribution in [3.05, 3.63) is 0 Å². The summed E-state index contributed by atoms with van der Waals surface area (Å²) in [5.41, 5.74) is -0.678. The highest BCUT2D eigenvalue weighted by molar-refractivity contribution is 6.08. The van der Waals surface area contributed by atoms with Crippen LogP contribution in [0.3, 0.4) is 0 Å². The number of carbonyl (C=O) groups excluding carboxylic acids is 2. The Kier molecular flexibility index (Phi) is 3.52. The Morgan fingerprint density at radius 1 is 1.35 bits per heavy atom. The van der Waals surface area contributed by atoms with Crippen LogP contribution in [-0.4, -0.2) is 40.0 Å². The first-order valence-electron chi connectivity index (χ1n) is 7.02. The highest BCUT2D eigenvalue weighted by Crippen LogP contribution is 2.43. The monoisotopic (exact) mass is 282 g/mol. The van der Waals surface area contributed by atoms with Crippen molar-refractivity contribution in [1.29, 1.82) is 0 Å². The maximum absolute atomic E-state index is 12.4. The third-order valence-electron chi connectivity index (χ3n) is 4.60. The number of carboxylic acid groups (broad SMARTS) is 1. The summed E-state index contributed by atoms with van der Waals surface area (Å²) in [6, 6.07) is -0.577. The van der Waals surface area contributed by atoms with E-state index in [9.17, 15) is 14.4 Å². The zero-order valence-corrected chi connectivity index (χ0v) is 12.2. The van der Waals surface area contributed by atoms with Gasteiger partial charge >= 0.3 is 12.0 Å². The summed E-state index contributed by atoms with van der Waals surface area (Å²) >= 11 is 0. The second-order valence-electron chi connectivity index (χ2n) is 6.94. The summed E-state index contributed by atoms with van der Waals surface area (Å²) in [5, 5.41) is 11.5. The van der Waals surface area contributed by atoms with E-state index < -0.39 is 24.1 Å². The van der Waals surface area contributed by atoms with Crippen LogP contribution in [0.15, 0.2) is 0 Å². The summed E-state index contributed by atoms with van der Waals surface area (Å²) in [5.74, 6) is -1.03. The molecule has 0 atom stereocenters. The van der Waals surface area contributed by atoms with Crippen LogP contribution in [0.25, 0.3) is 0 Å². The van der Waals surface area contributed by atoms with Gasteiger partial charge in [0.2, 0.25) is 0 Å². The van der Waals surface area contributed by atoms with Gasteiger partial charge in [-0.1, -0.05) is 20.8 Å². The van der Waals surface area contributed by atoms with E-state index in [2.05, 4.69) is 26.1 Å². The number of nitrogens with zero attached hydrogens (tertiary/aromatic N) is 1. The molecule has 3 amide bonds. The fourth-order valence-corrected chi connectivity index (χ4v) is 3.27. The van der Waals surface area contributed by atoms with Gasteiger partial charge in [0.25, 0.3) is 5.91 Å². The van der Waals surface area contributed by atoms with Gasteiger partial charge in [-0.05, 0) is 37.0 Å². The van der Waals surface area contributed by atoms with Gasteiger partial charge in [0.15, 0.2) is 0 Å². The van der Waals surface area contributed by atoms with Crippen LogP contribution in [0.4, 0.5) is 4.79 Å². The molecule has 20 heavy (non-hydrogen) atoms. The van der Waals surface area contributed by atoms with E-state index in [1.165, 1.54) is 0 Å². The number of amides is 3. The predicted molar refractivity (Wildman–Crippen MR) is 72.0 cm³/mol. The van der Waals surface area contributed by atoms with Crippen molar-refractivity contribution in [2.75, 3.05) is 6.54 Å². The lowest BCUT2D eigenvalue weighted by Crippen LogP contribution is -2.50. The maximum Gasteiger partial charge on any atom is 0.325 e. The maximum atomic E-state index is 12.4. The molecule has 2 fully saturated rings. The molecule has 2 rings (SSSR count). The molecule has 6 nitrogen and oxygen atoms in total.